The van der Waals surface area contributed by atoms with Crippen molar-refractivity contribution in [2.24, 2.45) is 0 Å². The lowest BCUT2D eigenvalue weighted by Gasteiger charge is -2.03. The Morgan fingerprint density at radius 2 is 1.91 bits per heavy atom. The van der Waals surface area contributed by atoms with Crippen molar-refractivity contribution in [3.8, 4) is 22.7 Å². The lowest BCUT2D eigenvalue weighted by atomic mass is 10.1. The molecule has 2 aromatic carbocycles. The van der Waals surface area contributed by atoms with E-state index < -0.39 is 0 Å². The van der Waals surface area contributed by atoms with E-state index in [0.29, 0.717) is 15.9 Å². The predicted octanol–water partition coefficient (Wildman–Crippen LogP) is 4.12. The Morgan fingerprint density at radius 3 is 2.59 bits per heavy atom. The molecule has 0 fully saturated rings. The van der Waals surface area contributed by atoms with E-state index in [4.69, 9.17) is 4.74 Å². The van der Waals surface area contributed by atoms with Crippen molar-refractivity contribution in [1.82, 2.24) is 9.78 Å². The highest BCUT2D eigenvalue weighted by Crippen LogP contribution is 2.31. The van der Waals surface area contributed by atoms with E-state index >= 15 is 0 Å². The molecule has 0 radical (unpaired) electrons. The highest BCUT2D eigenvalue weighted by atomic mass is 79.9. The first-order chi connectivity index (χ1) is 10.7. The van der Waals surface area contributed by atoms with Gasteiger partial charge in [0.15, 0.2) is 6.29 Å². The number of carbonyl (C=O) groups excluding carboxylic acids is 1. The van der Waals surface area contributed by atoms with E-state index in [2.05, 4.69) is 21.0 Å². The largest absolute Gasteiger partial charge is 0.497 e. The van der Waals surface area contributed by atoms with Gasteiger partial charge in [-0.3, -0.25) is 4.79 Å². The second-order valence-corrected chi connectivity index (χ2v) is 5.40. The van der Waals surface area contributed by atoms with Gasteiger partial charge in [-0.15, -0.1) is 0 Å². The summed E-state index contributed by atoms with van der Waals surface area (Å²) in [7, 11) is 1.61. The highest BCUT2D eigenvalue weighted by Gasteiger charge is 2.18. The van der Waals surface area contributed by atoms with Crippen LogP contribution in [0.2, 0.25) is 0 Å². The Balaban J connectivity index is 2.18. The molecule has 3 aromatic rings. The third kappa shape index (κ3) is 2.55. The van der Waals surface area contributed by atoms with Crippen LogP contribution in [0.15, 0.2) is 59.2 Å². The lowest BCUT2D eigenvalue weighted by Crippen LogP contribution is -1.96. The van der Waals surface area contributed by atoms with Crippen LogP contribution in [0.5, 0.6) is 5.75 Å². The number of halogens is 1. The van der Waals surface area contributed by atoms with Gasteiger partial charge in [-0.1, -0.05) is 30.3 Å². The Morgan fingerprint density at radius 1 is 1.14 bits per heavy atom. The summed E-state index contributed by atoms with van der Waals surface area (Å²) in [6, 6.07) is 17.1. The number of hydrogen-bond donors (Lipinski definition) is 0. The third-order valence-electron chi connectivity index (χ3n) is 3.33. The van der Waals surface area contributed by atoms with Gasteiger partial charge in [0.2, 0.25) is 0 Å². The molecule has 0 amide bonds. The monoisotopic (exact) mass is 356 g/mol. The SMILES string of the molecule is COc1cccc(-c2nn(-c3ccccc3)c(Br)c2C=O)c1. The maximum atomic E-state index is 11.5. The van der Waals surface area contributed by atoms with Crippen LogP contribution in [0.1, 0.15) is 10.4 Å². The van der Waals surface area contributed by atoms with Crippen molar-refractivity contribution < 1.29 is 9.53 Å². The molecule has 0 N–H and O–H groups in total. The summed E-state index contributed by atoms with van der Waals surface area (Å²) in [5, 5.41) is 4.58. The maximum absolute atomic E-state index is 11.5. The van der Waals surface area contributed by atoms with Crippen LogP contribution in [-0.2, 0) is 0 Å². The number of carbonyl (C=O) groups is 1. The summed E-state index contributed by atoms with van der Waals surface area (Å²) in [5.41, 5.74) is 2.84. The Bertz CT molecular complexity index is 813. The van der Waals surface area contributed by atoms with Gasteiger partial charge in [0.25, 0.3) is 0 Å². The fourth-order valence-electron chi connectivity index (χ4n) is 2.24. The first kappa shape index (κ1) is 14.5. The van der Waals surface area contributed by atoms with Gasteiger partial charge in [0.05, 0.1) is 18.4 Å². The second kappa shape index (κ2) is 6.15. The summed E-state index contributed by atoms with van der Waals surface area (Å²) >= 11 is 3.47. The van der Waals surface area contributed by atoms with Gasteiger partial charge in [0, 0.05) is 5.56 Å². The molecule has 4 nitrogen and oxygen atoms in total. The Kier molecular flexibility index (Phi) is 4.06. The zero-order valence-corrected chi connectivity index (χ0v) is 13.4. The summed E-state index contributed by atoms with van der Waals surface area (Å²) < 4.78 is 7.57. The molecule has 0 saturated carbocycles. The third-order valence-corrected chi connectivity index (χ3v) is 4.09. The summed E-state index contributed by atoms with van der Waals surface area (Å²) in [6.07, 6.45) is 0.811. The number of nitrogens with zero attached hydrogens (tertiary/aromatic N) is 2. The number of ether oxygens (including phenoxy) is 1. The molecule has 0 atom stereocenters. The number of rotatable bonds is 4. The molecule has 0 aliphatic heterocycles. The zero-order chi connectivity index (χ0) is 15.5. The fourth-order valence-corrected chi connectivity index (χ4v) is 2.80. The molecular weight excluding hydrogens is 344 g/mol. The second-order valence-electron chi connectivity index (χ2n) is 4.65. The van der Waals surface area contributed by atoms with Crippen LogP contribution in [0.3, 0.4) is 0 Å². The van der Waals surface area contributed by atoms with E-state index in [-0.39, 0.29) is 0 Å². The van der Waals surface area contributed by atoms with E-state index in [1.54, 1.807) is 11.8 Å². The fraction of sp³-hybridized carbons (Fsp3) is 0.0588. The van der Waals surface area contributed by atoms with Crippen LogP contribution in [0.25, 0.3) is 16.9 Å². The molecule has 5 heteroatoms. The summed E-state index contributed by atoms with van der Waals surface area (Å²) in [5.74, 6) is 0.722. The van der Waals surface area contributed by atoms with Gasteiger partial charge in [-0.2, -0.15) is 5.10 Å². The minimum Gasteiger partial charge on any atom is -0.497 e. The molecule has 3 rings (SSSR count). The van der Waals surface area contributed by atoms with Gasteiger partial charge in [-0.25, -0.2) is 4.68 Å². The van der Waals surface area contributed by atoms with E-state index in [0.717, 1.165) is 23.3 Å². The average Bonchev–Trinajstić information content (AvgIpc) is 2.92. The van der Waals surface area contributed by atoms with Crippen LogP contribution in [-0.4, -0.2) is 23.2 Å². The predicted molar refractivity (Wildman–Crippen MR) is 88.6 cm³/mol. The van der Waals surface area contributed by atoms with Crippen molar-refractivity contribution in [1.29, 1.82) is 0 Å². The van der Waals surface area contributed by atoms with Gasteiger partial charge >= 0.3 is 0 Å². The van der Waals surface area contributed by atoms with Crippen molar-refractivity contribution in [3.63, 3.8) is 0 Å². The summed E-state index contributed by atoms with van der Waals surface area (Å²) in [4.78, 5) is 11.5. The number of aromatic nitrogens is 2. The lowest BCUT2D eigenvalue weighted by molar-refractivity contribution is 0.112. The Labute approximate surface area is 136 Å². The van der Waals surface area contributed by atoms with Crippen LogP contribution in [0.4, 0.5) is 0 Å². The zero-order valence-electron chi connectivity index (χ0n) is 11.9. The molecule has 0 bridgehead atoms. The molecule has 1 heterocycles. The number of methoxy groups -OCH3 is 1. The van der Waals surface area contributed by atoms with E-state index in [9.17, 15) is 4.79 Å². The molecular formula is C17H13BrN2O2. The standard InChI is InChI=1S/C17H13BrN2O2/c1-22-14-9-5-6-12(10-14)16-15(11-21)17(18)20(19-16)13-7-3-2-4-8-13/h2-11H,1H3. The average molecular weight is 357 g/mol. The minimum atomic E-state index is 0.511. The normalized spacial score (nSPS) is 10.5. The van der Waals surface area contributed by atoms with E-state index in [1.165, 1.54) is 0 Å². The summed E-state index contributed by atoms with van der Waals surface area (Å²) in [6.45, 7) is 0. The number of aldehydes is 1. The maximum Gasteiger partial charge on any atom is 0.155 e. The molecule has 0 saturated heterocycles. The molecule has 0 spiro atoms. The molecule has 0 unspecified atom stereocenters. The van der Waals surface area contributed by atoms with Crippen molar-refractivity contribution in [2.45, 2.75) is 0 Å². The molecule has 0 aliphatic rings. The Hall–Kier alpha value is -2.40. The molecule has 110 valence electrons. The van der Waals surface area contributed by atoms with Crippen LogP contribution >= 0.6 is 15.9 Å². The van der Waals surface area contributed by atoms with Gasteiger partial charge in [0.1, 0.15) is 16.0 Å². The first-order valence-electron chi connectivity index (χ1n) is 6.68. The smallest absolute Gasteiger partial charge is 0.155 e. The molecule has 22 heavy (non-hydrogen) atoms. The van der Waals surface area contributed by atoms with Crippen molar-refractivity contribution in [3.05, 3.63) is 64.8 Å². The number of hydrogen-bond acceptors (Lipinski definition) is 3. The van der Waals surface area contributed by atoms with Crippen LogP contribution in [0, 0.1) is 0 Å². The topological polar surface area (TPSA) is 44.1 Å². The first-order valence-corrected chi connectivity index (χ1v) is 7.47. The van der Waals surface area contributed by atoms with E-state index in [1.807, 2.05) is 54.6 Å². The minimum absolute atomic E-state index is 0.511. The highest BCUT2D eigenvalue weighted by molar-refractivity contribution is 9.10. The molecule has 0 aliphatic carbocycles. The van der Waals surface area contributed by atoms with Crippen molar-refractivity contribution >= 4 is 22.2 Å². The van der Waals surface area contributed by atoms with Crippen molar-refractivity contribution in [2.75, 3.05) is 7.11 Å². The number of para-hydroxylation sites is 1. The van der Waals surface area contributed by atoms with Crippen LogP contribution < -0.4 is 4.74 Å². The number of benzene rings is 2. The molecule has 1 aromatic heterocycles. The van der Waals surface area contributed by atoms with Gasteiger partial charge < -0.3 is 4.74 Å². The van der Waals surface area contributed by atoms with Gasteiger partial charge in [-0.05, 0) is 40.2 Å². The quantitative estimate of drug-likeness (QED) is 0.660.